The van der Waals surface area contributed by atoms with Crippen LogP contribution in [0.2, 0.25) is 0 Å². The summed E-state index contributed by atoms with van der Waals surface area (Å²) < 4.78 is 0. The van der Waals surface area contributed by atoms with Crippen LogP contribution in [0.1, 0.15) is 43.7 Å². The lowest BCUT2D eigenvalue weighted by Gasteiger charge is -2.25. The van der Waals surface area contributed by atoms with Crippen molar-refractivity contribution in [3.8, 4) is 6.07 Å². The van der Waals surface area contributed by atoms with Gasteiger partial charge in [-0.15, -0.1) is 0 Å². The zero-order valence-corrected chi connectivity index (χ0v) is 12.4. The van der Waals surface area contributed by atoms with E-state index < -0.39 is 0 Å². The Labute approximate surface area is 122 Å². The van der Waals surface area contributed by atoms with E-state index in [4.69, 9.17) is 5.26 Å². The van der Waals surface area contributed by atoms with Crippen molar-refractivity contribution in [2.75, 3.05) is 19.6 Å². The van der Waals surface area contributed by atoms with Gasteiger partial charge in [0.05, 0.1) is 11.6 Å². The highest BCUT2D eigenvalue weighted by Gasteiger charge is 2.17. The number of benzene rings is 1. The quantitative estimate of drug-likeness (QED) is 0.829. The van der Waals surface area contributed by atoms with Crippen molar-refractivity contribution in [1.29, 1.82) is 5.26 Å². The third-order valence-corrected chi connectivity index (χ3v) is 3.96. The molecule has 1 aliphatic heterocycles. The first-order valence-electron chi connectivity index (χ1n) is 7.76. The topological polar surface area (TPSA) is 39.1 Å². The molecule has 1 unspecified atom stereocenters. The summed E-state index contributed by atoms with van der Waals surface area (Å²) in [6.07, 6.45) is 5.10. The summed E-state index contributed by atoms with van der Waals surface area (Å²) in [6.45, 7) is 6.70. The maximum Gasteiger partial charge on any atom is 0.0991 e. The monoisotopic (exact) mass is 271 g/mol. The van der Waals surface area contributed by atoms with Crippen molar-refractivity contribution in [2.45, 2.75) is 45.2 Å². The predicted molar refractivity (Wildman–Crippen MR) is 82.4 cm³/mol. The van der Waals surface area contributed by atoms with Crippen LogP contribution in [0.15, 0.2) is 24.3 Å². The molecular formula is C17H25N3. The molecule has 1 aromatic carbocycles. The molecule has 1 aromatic rings. The second-order valence-corrected chi connectivity index (χ2v) is 5.69. The molecule has 0 aromatic heterocycles. The molecule has 1 atom stereocenters. The van der Waals surface area contributed by atoms with Crippen LogP contribution in [0.3, 0.4) is 0 Å². The summed E-state index contributed by atoms with van der Waals surface area (Å²) in [4.78, 5) is 2.55. The molecular weight excluding hydrogens is 246 g/mol. The van der Waals surface area contributed by atoms with Crippen molar-refractivity contribution in [2.24, 2.45) is 0 Å². The summed E-state index contributed by atoms with van der Waals surface area (Å²) in [7, 11) is 0. The minimum atomic E-state index is 0.658. The molecule has 1 saturated heterocycles. The fourth-order valence-corrected chi connectivity index (χ4v) is 2.78. The molecule has 0 amide bonds. The van der Waals surface area contributed by atoms with E-state index in [9.17, 15) is 0 Å². The van der Waals surface area contributed by atoms with Gasteiger partial charge in [-0.2, -0.15) is 5.26 Å². The minimum Gasteiger partial charge on any atom is -0.313 e. The Kier molecular flexibility index (Phi) is 6.04. The van der Waals surface area contributed by atoms with E-state index >= 15 is 0 Å². The van der Waals surface area contributed by atoms with Crippen LogP contribution in [0.5, 0.6) is 0 Å². The first-order chi connectivity index (χ1) is 9.81. The highest BCUT2D eigenvalue weighted by atomic mass is 15.1. The Morgan fingerprint density at radius 3 is 2.75 bits per heavy atom. The van der Waals surface area contributed by atoms with Gasteiger partial charge in [-0.25, -0.2) is 0 Å². The first-order valence-corrected chi connectivity index (χ1v) is 7.76. The van der Waals surface area contributed by atoms with Gasteiger partial charge in [0.1, 0.15) is 0 Å². The van der Waals surface area contributed by atoms with Crippen LogP contribution >= 0.6 is 0 Å². The SMILES string of the molecule is CCCCN(Cc1ccc(C#N)cc1)CC1CCCN1. The van der Waals surface area contributed by atoms with Gasteiger partial charge in [0.15, 0.2) is 0 Å². The molecule has 0 radical (unpaired) electrons. The van der Waals surface area contributed by atoms with Crippen LogP contribution in [0.4, 0.5) is 0 Å². The zero-order valence-electron chi connectivity index (χ0n) is 12.4. The molecule has 2 rings (SSSR count). The van der Waals surface area contributed by atoms with E-state index in [0.29, 0.717) is 6.04 Å². The molecule has 1 fully saturated rings. The summed E-state index contributed by atoms with van der Waals surface area (Å²) in [6, 6.07) is 10.8. The fourth-order valence-electron chi connectivity index (χ4n) is 2.78. The van der Waals surface area contributed by atoms with E-state index in [-0.39, 0.29) is 0 Å². The maximum absolute atomic E-state index is 8.85. The van der Waals surface area contributed by atoms with E-state index in [1.165, 1.54) is 37.8 Å². The van der Waals surface area contributed by atoms with Crippen LogP contribution in [0.25, 0.3) is 0 Å². The molecule has 1 aliphatic rings. The number of rotatable bonds is 7. The summed E-state index contributed by atoms with van der Waals surface area (Å²) in [5.41, 5.74) is 2.05. The molecule has 0 aliphatic carbocycles. The van der Waals surface area contributed by atoms with Crippen molar-refractivity contribution < 1.29 is 0 Å². The first kappa shape index (κ1) is 15.0. The second-order valence-electron chi connectivity index (χ2n) is 5.69. The average Bonchev–Trinajstić information content (AvgIpc) is 2.98. The highest BCUT2D eigenvalue weighted by molar-refractivity contribution is 5.31. The summed E-state index contributed by atoms with van der Waals surface area (Å²) in [5.74, 6) is 0. The van der Waals surface area contributed by atoms with Gasteiger partial charge >= 0.3 is 0 Å². The lowest BCUT2D eigenvalue weighted by Crippen LogP contribution is -2.37. The molecule has 0 saturated carbocycles. The number of nitrogens with zero attached hydrogens (tertiary/aromatic N) is 2. The Bertz CT molecular complexity index is 427. The molecule has 1 heterocycles. The standard InChI is InChI=1S/C17H25N3/c1-2-3-11-20(14-17-5-4-10-19-17)13-16-8-6-15(12-18)7-9-16/h6-9,17,19H,2-5,10-11,13-14H2,1H3. The van der Waals surface area contributed by atoms with Gasteiger partial charge in [-0.05, 0) is 50.0 Å². The van der Waals surface area contributed by atoms with Gasteiger partial charge in [-0.3, -0.25) is 4.90 Å². The van der Waals surface area contributed by atoms with Crippen molar-refractivity contribution >= 4 is 0 Å². The third kappa shape index (κ3) is 4.63. The number of unbranched alkanes of at least 4 members (excludes halogenated alkanes) is 1. The van der Waals surface area contributed by atoms with E-state index in [0.717, 1.165) is 25.2 Å². The molecule has 3 heteroatoms. The average molecular weight is 271 g/mol. The van der Waals surface area contributed by atoms with Gasteiger partial charge < -0.3 is 5.32 Å². The molecule has 3 nitrogen and oxygen atoms in total. The van der Waals surface area contributed by atoms with Gasteiger partial charge in [0.2, 0.25) is 0 Å². The van der Waals surface area contributed by atoms with Crippen LogP contribution in [-0.4, -0.2) is 30.6 Å². The molecule has 0 spiro atoms. The Hall–Kier alpha value is -1.37. The van der Waals surface area contributed by atoms with Crippen molar-refractivity contribution in [1.82, 2.24) is 10.2 Å². The Balaban J connectivity index is 1.92. The summed E-state index contributed by atoms with van der Waals surface area (Å²) in [5, 5.41) is 12.4. The van der Waals surface area contributed by atoms with Crippen molar-refractivity contribution in [3.63, 3.8) is 0 Å². The van der Waals surface area contributed by atoms with E-state index in [1.807, 2.05) is 12.1 Å². The van der Waals surface area contributed by atoms with Crippen LogP contribution in [-0.2, 0) is 6.54 Å². The third-order valence-electron chi connectivity index (χ3n) is 3.96. The fraction of sp³-hybridized carbons (Fsp3) is 0.588. The molecule has 20 heavy (non-hydrogen) atoms. The van der Waals surface area contributed by atoms with Crippen LogP contribution in [0, 0.1) is 11.3 Å². The van der Waals surface area contributed by atoms with Crippen LogP contribution < -0.4 is 5.32 Å². The van der Waals surface area contributed by atoms with Gasteiger partial charge in [0.25, 0.3) is 0 Å². The lowest BCUT2D eigenvalue weighted by atomic mass is 10.1. The zero-order chi connectivity index (χ0) is 14.2. The number of hydrogen-bond acceptors (Lipinski definition) is 3. The largest absolute Gasteiger partial charge is 0.313 e. The van der Waals surface area contributed by atoms with Gasteiger partial charge in [-0.1, -0.05) is 25.5 Å². The minimum absolute atomic E-state index is 0.658. The Morgan fingerprint density at radius 1 is 1.35 bits per heavy atom. The predicted octanol–water partition coefficient (Wildman–Crippen LogP) is 2.91. The second kappa shape index (κ2) is 8.04. The van der Waals surface area contributed by atoms with Gasteiger partial charge in [0, 0.05) is 19.1 Å². The molecule has 0 bridgehead atoms. The number of hydrogen-bond donors (Lipinski definition) is 1. The normalized spacial score (nSPS) is 18.4. The van der Waals surface area contributed by atoms with E-state index in [1.54, 1.807) is 0 Å². The number of nitriles is 1. The summed E-state index contributed by atoms with van der Waals surface area (Å²) >= 11 is 0. The number of nitrogens with one attached hydrogen (secondary N) is 1. The smallest absolute Gasteiger partial charge is 0.0991 e. The van der Waals surface area contributed by atoms with E-state index in [2.05, 4.69) is 35.3 Å². The highest BCUT2D eigenvalue weighted by Crippen LogP contribution is 2.12. The molecule has 108 valence electrons. The maximum atomic E-state index is 8.85. The van der Waals surface area contributed by atoms with Crippen molar-refractivity contribution in [3.05, 3.63) is 35.4 Å². The lowest BCUT2D eigenvalue weighted by molar-refractivity contribution is 0.237. The Morgan fingerprint density at radius 2 is 2.15 bits per heavy atom. The molecule has 1 N–H and O–H groups in total.